The number of quaternary nitrogens is 1. The fraction of sp³-hybridized carbons (Fsp3) is 0.385. The number of imide groups is 1. The van der Waals surface area contributed by atoms with E-state index in [0.29, 0.717) is 23.7 Å². The molecule has 1 atom stereocenters. The number of benzene rings is 1. The van der Waals surface area contributed by atoms with Crippen molar-refractivity contribution in [1.29, 1.82) is 0 Å². The van der Waals surface area contributed by atoms with Crippen molar-refractivity contribution in [2.45, 2.75) is 18.9 Å². The molecular weight excluding hydrogens is 268 g/mol. The van der Waals surface area contributed by atoms with Gasteiger partial charge in [0.1, 0.15) is 0 Å². The van der Waals surface area contributed by atoms with Crippen LogP contribution in [0.1, 0.15) is 12.8 Å². The van der Waals surface area contributed by atoms with Crippen molar-refractivity contribution in [1.82, 2.24) is 0 Å². The van der Waals surface area contributed by atoms with Gasteiger partial charge in [-0.15, -0.1) is 0 Å². The number of nitrogens with zero attached hydrogens (tertiary/aromatic N) is 1. The van der Waals surface area contributed by atoms with Gasteiger partial charge in [-0.25, -0.2) is 4.90 Å². The topological polar surface area (TPSA) is 74.2 Å². The summed E-state index contributed by atoms with van der Waals surface area (Å²) in [6, 6.07) is 6.25. The molecule has 2 amide bonds. The Balaban J connectivity index is 2.08. The molecule has 1 fully saturated rings. The van der Waals surface area contributed by atoms with Crippen LogP contribution in [0.25, 0.3) is 0 Å². The van der Waals surface area contributed by atoms with Crippen molar-refractivity contribution in [3.05, 3.63) is 29.3 Å². The number of hydrogen-bond donors (Lipinski definition) is 2. The van der Waals surface area contributed by atoms with Gasteiger partial charge in [-0.05, 0) is 24.3 Å². The van der Waals surface area contributed by atoms with Gasteiger partial charge in [0.2, 0.25) is 5.91 Å². The summed E-state index contributed by atoms with van der Waals surface area (Å²) in [4.78, 5) is 25.3. The van der Waals surface area contributed by atoms with Crippen LogP contribution in [0.3, 0.4) is 0 Å². The van der Waals surface area contributed by atoms with Gasteiger partial charge in [0.05, 0.1) is 18.7 Å². The van der Waals surface area contributed by atoms with Crippen LogP contribution >= 0.6 is 11.6 Å². The average Bonchev–Trinajstić information content (AvgIpc) is 2.67. The second kappa shape index (κ2) is 6.14. The van der Waals surface area contributed by atoms with E-state index in [1.807, 2.05) is 5.32 Å². The number of hydrogen-bond acceptors (Lipinski definition) is 3. The molecule has 6 heteroatoms. The molecule has 1 aromatic rings. The van der Waals surface area contributed by atoms with Crippen LogP contribution < -0.4 is 10.2 Å². The molecule has 0 saturated carbocycles. The maximum absolute atomic E-state index is 12.2. The van der Waals surface area contributed by atoms with E-state index in [4.69, 9.17) is 16.7 Å². The number of aliphatic hydroxyl groups excluding tert-OH is 1. The van der Waals surface area contributed by atoms with Crippen molar-refractivity contribution in [3.8, 4) is 0 Å². The number of carbonyl (C=O) groups excluding carboxylic acids is 2. The van der Waals surface area contributed by atoms with E-state index >= 15 is 0 Å². The van der Waals surface area contributed by atoms with E-state index in [1.54, 1.807) is 24.3 Å². The molecule has 0 bridgehead atoms. The van der Waals surface area contributed by atoms with Crippen molar-refractivity contribution in [2.24, 2.45) is 0 Å². The molecule has 1 saturated heterocycles. The second-order valence-corrected chi connectivity index (χ2v) is 4.89. The summed E-state index contributed by atoms with van der Waals surface area (Å²) in [6.07, 6.45) is 0.811. The van der Waals surface area contributed by atoms with Crippen LogP contribution in [-0.2, 0) is 9.59 Å². The molecule has 1 aliphatic rings. The summed E-state index contributed by atoms with van der Waals surface area (Å²) in [5, 5.41) is 11.1. The van der Waals surface area contributed by atoms with Crippen LogP contribution in [0, 0.1) is 0 Å². The Kier molecular flexibility index (Phi) is 4.52. The Hall–Kier alpha value is -1.43. The normalized spacial score (nSPS) is 19.3. The standard InChI is InChI=1S/C13H15ClN2O3/c14-9-2-4-10(5-3-9)16-12(18)8-11(13(16)19)15-6-1-7-17/h2-5,11,15,17H,1,6-8H2/p+1/t11-/m0/s1. The number of rotatable bonds is 5. The molecule has 5 nitrogen and oxygen atoms in total. The van der Waals surface area contributed by atoms with Gasteiger partial charge < -0.3 is 10.4 Å². The quantitative estimate of drug-likeness (QED) is 0.586. The Morgan fingerprint density at radius 3 is 2.63 bits per heavy atom. The molecule has 0 aromatic heterocycles. The number of aliphatic hydroxyl groups is 1. The lowest BCUT2D eigenvalue weighted by atomic mass is 10.2. The number of amides is 2. The minimum absolute atomic E-state index is 0.0895. The Morgan fingerprint density at radius 2 is 2.00 bits per heavy atom. The second-order valence-electron chi connectivity index (χ2n) is 4.46. The zero-order chi connectivity index (χ0) is 13.8. The highest BCUT2D eigenvalue weighted by molar-refractivity contribution is 6.30. The first kappa shape index (κ1) is 14.0. The van der Waals surface area contributed by atoms with Crippen molar-refractivity contribution in [2.75, 3.05) is 18.1 Å². The Labute approximate surface area is 116 Å². The first-order chi connectivity index (χ1) is 9.13. The minimum atomic E-state index is -0.380. The number of carbonyl (C=O) groups is 2. The van der Waals surface area contributed by atoms with Gasteiger partial charge in [-0.3, -0.25) is 9.59 Å². The van der Waals surface area contributed by atoms with Crippen LogP contribution in [-0.4, -0.2) is 36.1 Å². The molecule has 0 unspecified atom stereocenters. The fourth-order valence-electron chi connectivity index (χ4n) is 2.11. The molecule has 0 aliphatic carbocycles. The SMILES string of the molecule is O=C1C[C@H]([NH2+]CCCO)C(=O)N1c1ccc(Cl)cc1. The molecule has 0 spiro atoms. The average molecular weight is 284 g/mol. The molecule has 1 heterocycles. The van der Waals surface area contributed by atoms with E-state index in [9.17, 15) is 9.59 Å². The van der Waals surface area contributed by atoms with Crippen LogP contribution in [0.5, 0.6) is 0 Å². The van der Waals surface area contributed by atoms with E-state index in [0.717, 1.165) is 0 Å². The number of halogens is 1. The summed E-state index contributed by atoms with van der Waals surface area (Å²) >= 11 is 5.79. The van der Waals surface area contributed by atoms with Gasteiger partial charge in [-0.1, -0.05) is 11.6 Å². The maximum Gasteiger partial charge on any atom is 0.292 e. The predicted octanol–water partition coefficient (Wildman–Crippen LogP) is -0.0823. The van der Waals surface area contributed by atoms with E-state index in [-0.39, 0.29) is 30.9 Å². The molecule has 3 N–H and O–H groups in total. The monoisotopic (exact) mass is 283 g/mol. The predicted molar refractivity (Wildman–Crippen MR) is 70.8 cm³/mol. The molecular formula is C13H16ClN2O3+. The van der Waals surface area contributed by atoms with Crippen LogP contribution in [0.2, 0.25) is 5.02 Å². The van der Waals surface area contributed by atoms with Gasteiger partial charge >= 0.3 is 0 Å². The molecule has 19 heavy (non-hydrogen) atoms. The smallest absolute Gasteiger partial charge is 0.292 e. The van der Waals surface area contributed by atoms with E-state index < -0.39 is 0 Å². The van der Waals surface area contributed by atoms with Crippen LogP contribution in [0.15, 0.2) is 24.3 Å². The summed E-state index contributed by atoms with van der Waals surface area (Å²) in [5.74, 6) is -0.400. The van der Waals surface area contributed by atoms with Crippen molar-refractivity contribution >= 4 is 29.1 Å². The summed E-state index contributed by atoms with van der Waals surface area (Å²) in [6.45, 7) is 0.723. The highest BCUT2D eigenvalue weighted by Gasteiger charge is 2.41. The first-order valence-electron chi connectivity index (χ1n) is 6.20. The fourth-order valence-corrected chi connectivity index (χ4v) is 2.24. The van der Waals surface area contributed by atoms with Gasteiger partial charge in [0, 0.05) is 18.1 Å². The van der Waals surface area contributed by atoms with Gasteiger partial charge in [0.25, 0.3) is 5.91 Å². The molecule has 1 aliphatic heterocycles. The molecule has 102 valence electrons. The third-order valence-corrected chi connectivity index (χ3v) is 3.33. The zero-order valence-electron chi connectivity index (χ0n) is 10.4. The first-order valence-corrected chi connectivity index (χ1v) is 6.58. The molecule has 2 rings (SSSR count). The molecule has 1 aromatic carbocycles. The largest absolute Gasteiger partial charge is 0.396 e. The van der Waals surface area contributed by atoms with E-state index in [1.165, 1.54) is 4.90 Å². The lowest BCUT2D eigenvalue weighted by Gasteiger charge is -2.14. The maximum atomic E-state index is 12.2. The van der Waals surface area contributed by atoms with Crippen molar-refractivity contribution in [3.63, 3.8) is 0 Å². The summed E-state index contributed by atoms with van der Waals surface area (Å²) in [7, 11) is 0. The lowest BCUT2D eigenvalue weighted by molar-refractivity contribution is -0.674. The van der Waals surface area contributed by atoms with Gasteiger partial charge in [0.15, 0.2) is 6.04 Å². The minimum Gasteiger partial charge on any atom is -0.396 e. The Morgan fingerprint density at radius 1 is 1.32 bits per heavy atom. The summed E-state index contributed by atoms with van der Waals surface area (Å²) in [5.41, 5.74) is 0.553. The summed E-state index contributed by atoms with van der Waals surface area (Å²) < 4.78 is 0. The van der Waals surface area contributed by atoms with E-state index in [2.05, 4.69) is 0 Å². The third-order valence-electron chi connectivity index (χ3n) is 3.08. The number of nitrogens with two attached hydrogens (primary N) is 1. The molecule has 0 radical (unpaired) electrons. The highest BCUT2D eigenvalue weighted by atomic mass is 35.5. The third kappa shape index (κ3) is 3.12. The van der Waals surface area contributed by atoms with Gasteiger partial charge in [-0.2, -0.15) is 0 Å². The highest BCUT2D eigenvalue weighted by Crippen LogP contribution is 2.23. The zero-order valence-corrected chi connectivity index (χ0v) is 11.1. The number of anilines is 1. The van der Waals surface area contributed by atoms with Crippen molar-refractivity contribution < 1.29 is 20.0 Å². The van der Waals surface area contributed by atoms with Crippen LogP contribution in [0.4, 0.5) is 5.69 Å². The lowest BCUT2D eigenvalue weighted by Crippen LogP contribution is -2.91. The Bertz CT molecular complexity index is 475.